The molecular weight excluding hydrogens is 302 g/mol. The van der Waals surface area contributed by atoms with E-state index in [2.05, 4.69) is 0 Å². The van der Waals surface area contributed by atoms with E-state index in [1.54, 1.807) is 11.8 Å². The molecule has 22 heavy (non-hydrogen) atoms. The van der Waals surface area contributed by atoms with Gasteiger partial charge in [-0.3, -0.25) is 15.4 Å². The third-order valence-corrected chi connectivity index (χ3v) is 6.49. The van der Waals surface area contributed by atoms with Gasteiger partial charge in [0.05, 0.1) is 24.9 Å². The minimum atomic E-state index is -0.979. The summed E-state index contributed by atoms with van der Waals surface area (Å²) in [4.78, 5) is 25.0. The highest BCUT2D eigenvalue weighted by atomic mass is 32.2. The van der Waals surface area contributed by atoms with Crippen molar-refractivity contribution < 1.29 is 19.2 Å². The number of aliphatic carboxylic acids is 1. The van der Waals surface area contributed by atoms with Crippen molar-refractivity contribution in [2.24, 2.45) is 5.73 Å². The van der Waals surface area contributed by atoms with Crippen molar-refractivity contribution in [3.05, 3.63) is 11.3 Å². The SMILES string of the molecule is CC(N)[N+]1(CC2=C(C(=O)O)N3C(=O)CC3SC2)CCCCC1. The molecule has 2 fully saturated rings. The summed E-state index contributed by atoms with van der Waals surface area (Å²) >= 11 is 1.68. The van der Waals surface area contributed by atoms with Crippen LogP contribution in [-0.2, 0) is 9.59 Å². The van der Waals surface area contributed by atoms with Gasteiger partial charge in [0.15, 0.2) is 0 Å². The molecule has 2 unspecified atom stereocenters. The number of nitrogens with two attached hydrogens (primary N) is 1. The first kappa shape index (κ1) is 15.8. The van der Waals surface area contributed by atoms with Gasteiger partial charge in [0.25, 0.3) is 0 Å². The van der Waals surface area contributed by atoms with Crippen molar-refractivity contribution in [3.8, 4) is 0 Å². The monoisotopic (exact) mass is 326 g/mol. The molecule has 0 radical (unpaired) electrons. The molecule has 0 bridgehead atoms. The first-order valence-electron chi connectivity index (χ1n) is 7.95. The summed E-state index contributed by atoms with van der Waals surface area (Å²) in [6.45, 7) is 4.66. The van der Waals surface area contributed by atoms with E-state index in [-0.39, 0.29) is 23.1 Å². The molecule has 3 rings (SSSR count). The third-order valence-electron chi connectivity index (χ3n) is 5.21. The standard InChI is InChI=1S/C15H23N3O3S/c1-10(16)18(5-3-2-4-6-18)8-11-9-22-13-7-12(19)17(13)14(11)15(20)21/h10,13H,2-9,16H2,1H3/p+1. The zero-order chi connectivity index (χ0) is 15.9. The zero-order valence-corrected chi connectivity index (χ0v) is 13.8. The number of carboxylic acids is 1. The van der Waals surface area contributed by atoms with Crippen LogP contribution in [0.15, 0.2) is 11.3 Å². The number of rotatable bonds is 4. The van der Waals surface area contributed by atoms with Gasteiger partial charge in [-0.15, -0.1) is 11.8 Å². The molecule has 0 aromatic rings. The van der Waals surface area contributed by atoms with E-state index in [1.165, 1.54) is 11.3 Å². The van der Waals surface area contributed by atoms with Crippen LogP contribution < -0.4 is 5.73 Å². The van der Waals surface area contributed by atoms with Gasteiger partial charge >= 0.3 is 5.97 Å². The second-order valence-corrected chi connectivity index (χ2v) is 7.78. The van der Waals surface area contributed by atoms with Gasteiger partial charge in [0, 0.05) is 18.2 Å². The Morgan fingerprint density at radius 1 is 1.45 bits per heavy atom. The Labute approximate surface area is 134 Å². The molecule has 3 heterocycles. The lowest BCUT2D eigenvalue weighted by atomic mass is 10.0. The number of β-lactam (4-membered cyclic amide) rings is 1. The fraction of sp³-hybridized carbons (Fsp3) is 0.733. The van der Waals surface area contributed by atoms with E-state index in [9.17, 15) is 14.7 Å². The molecule has 6 nitrogen and oxygen atoms in total. The number of piperidine rings is 1. The second-order valence-electron chi connectivity index (χ2n) is 6.62. The molecule has 0 spiro atoms. The highest BCUT2D eigenvalue weighted by Gasteiger charge is 2.47. The normalized spacial score (nSPS) is 28.9. The summed E-state index contributed by atoms with van der Waals surface area (Å²) in [7, 11) is 0. The minimum absolute atomic E-state index is 0.0161. The molecule has 0 aliphatic carbocycles. The molecule has 3 aliphatic heterocycles. The Hall–Kier alpha value is -1.05. The largest absolute Gasteiger partial charge is 0.477 e. The maximum Gasteiger partial charge on any atom is 0.352 e. The first-order chi connectivity index (χ1) is 10.4. The van der Waals surface area contributed by atoms with E-state index in [1.807, 2.05) is 6.92 Å². The number of likely N-dealkylation sites (tertiary alicyclic amines) is 1. The van der Waals surface area contributed by atoms with Gasteiger partial charge in [-0.2, -0.15) is 0 Å². The first-order valence-corrected chi connectivity index (χ1v) is 9.00. The summed E-state index contributed by atoms with van der Waals surface area (Å²) in [6.07, 6.45) is 3.93. The Morgan fingerprint density at radius 2 is 2.14 bits per heavy atom. The van der Waals surface area contributed by atoms with E-state index >= 15 is 0 Å². The Morgan fingerprint density at radius 3 is 2.68 bits per heavy atom. The van der Waals surface area contributed by atoms with Crippen molar-refractivity contribution in [3.63, 3.8) is 0 Å². The summed E-state index contributed by atoms with van der Waals surface area (Å²) in [6, 6.07) is 0. The summed E-state index contributed by atoms with van der Waals surface area (Å²) in [5, 5.41) is 9.62. The number of hydrogen-bond donors (Lipinski definition) is 2. The fourth-order valence-electron chi connectivity index (χ4n) is 3.83. The van der Waals surface area contributed by atoms with Gasteiger partial charge in [0.2, 0.25) is 5.91 Å². The van der Waals surface area contributed by atoms with Crippen molar-refractivity contribution in [1.82, 2.24) is 4.90 Å². The van der Waals surface area contributed by atoms with Crippen LogP contribution in [-0.4, -0.2) is 63.3 Å². The van der Waals surface area contributed by atoms with Crippen molar-refractivity contribution in [2.45, 2.75) is 44.1 Å². The lowest BCUT2D eigenvalue weighted by Gasteiger charge is -2.48. The van der Waals surface area contributed by atoms with Crippen LogP contribution in [0.5, 0.6) is 0 Å². The van der Waals surface area contributed by atoms with Crippen LogP contribution >= 0.6 is 11.8 Å². The molecule has 2 saturated heterocycles. The molecule has 3 N–H and O–H groups in total. The number of thioether (sulfide) groups is 1. The molecule has 0 aromatic carbocycles. The minimum Gasteiger partial charge on any atom is -0.477 e. The molecule has 1 amide bonds. The molecule has 2 atom stereocenters. The molecule has 0 aromatic heterocycles. The molecule has 7 heteroatoms. The number of hydrogen-bond acceptors (Lipinski definition) is 4. The van der Waals surface area contributed by atoms with E-state index in [0.717, 1.165) is 36.0 Å². The van der Waals surface area contributed by atoms with Gasteiger partial charge in [-0.25, -0.2) is 4.79 Å². The number of amides is 1. The van der Waals surface area contributed by atoms with Crippen LogP contribution in [0.25, 0.3) is 0 Å². The highest BCUT2D eigenvalue weighted by molar-refractivity contribution is 8.00. The number of carbonyl (C=O) groups excluding carboxylic acids is 1. The van der Waals surface area contributed by atoms with Crippen LogP contribution in [0, 0.1) is 0 Å². The predicted molar refractivity (Wildman–Crippen MR) is 84.7 cm³/mol. The van der Waals surface area contributed by atoms with Crippen LogP contribution in [0.4, 0.5) is 0 Å². The number of carboxylic acid groups (broad SMARTS) is 1. The number of carbonyl (C=O) groups is 2. The van der Waals surface area contributed by atoms with Crippen LogP contribution in [0.3, 0.4) is 0 Å². The maximum absolute atomic E-state index is 11.8. The van der Waals surface area contributed by atoms with Gasteiger partial charge in [-0.1, -0.05) is 0 Å². The molecule has 3 aliphatic rings. The smallest absolute Gasteiger partial charge is 0.352 e. The fourth-order valence-corrected chi connectivity index (χ4v) is 5.09. The van der Waals surface area contributed by atoms with Crippen LogP contribution in [0.1, 0.15) is 32.6 Å². The average molecular weight is 326 g/mol. The van der Waals surface area contributed by atoms with E-state index < -0.39 is 5.97 Å². The molecule has 122 valence electrons. The van der Waals surface area contributed by atoms with Crippen molar-refractivity contribution >= 4 is 23.6 Å². The second kappa shape index (κ2) is 5.86. The van der Waals surface area contributed by atoms with Crippen LogP contribution in [0.2, 0.25) is 0 Å². The van der Waals surface area contributed by atoms with E-state index in [0.29, 0.717) is 18.7 Å². The van der Waals surface area contributed by atoms with Gasteiger partial charge < -0.3 is 9.59 Å². The zero-order valence-electron chi connectivity index (χ0n) is 13.0. The molecule has 0 saturated carbocycles. The third kappa shape index (κ3) is 2.55. The molecular formula is C15H24N3O3S+. The van der Waals surface area contributed by atoms with E-state index in [4.69, 9.17) is 5.73 Å². The van der Waals surface area contributed by atoms with Gasteiger partial charge in [0.1, 0.15) is 18.4 Å². The summed E-state index contributed by atoms with van der Waals surface area (Å²) in [5.74, 6) is -0.353. The highest BCUT2D eigenvalue weighted by Crippen LogP contribution is 2.41. The quantitative estimate of drug-likeness (QED) is 0.593. The average Bonchev–Trinajstić information content (AvgIpc) is 2.47. The summed E-state index contributed by atoms with van der Waals surface area (Å²) in [5.41, 5.74) is 7.36. The van der Waals surface area contributed by atoms with Crippen molar-refractivity contribution in [1.29, 1.82) is 0 Å². The lowest BCUT2D eigenvalue weighted by molar-refractivity contribution is -0.949. The lowest BCUT2D eigenvalue weighted by Crippen LogP contribution is -2.62. The number of fused-ring (bicyclic) bond motifs is 1. The Balaban J connectivity index is 1.92. The number of quaternary nitrogens is 1. The number of nitrogens with zero attached hydrogens (tertiary/aromatic N) is 2. The topological polar surface area (TPSA) is 83.6 Å². The van der Waals surface area contributed by atoms with Gasteiger partial charge in [-0.05, 0) is 19.3 Å². The summed E-state index contributed by atoms with van der Waals surface area (Å²) < 4.78 is 0.749. The Bertz CT molecular complexity index is 526. The Kier molecular flexibility index (Phi) is 4.22. The maximum atomic E-state index is 11.8. The van der Waals surface area contributed by atoms with Crippen molar-refractivity contribution in [2.75, 3.05) is 25.4 Å². The predicted octanol–water partition coefficient (Wildman–Crippen LogP) is 0.936.